The Labute approximate surface area is 460 Å². The van der Waals surface area contributed by atoms with Crippen LogP contribution in [0.4, 0.5) is 11.4 Å². The number of hydrogen-bond donors (Lipinski definition) is 0. The van der Waals surface area contributed by atoms with E-state index in [2.05, 4.69) is 276 Å². The van der Waals surface area contributed by atoms with Crippen molar-refractivity contribution in [3.63, 3.8) is 0 Å². The van der Waals surface area contributed by atoms with Crippen LogP contribution in [0.15, 0.2) is 281 Å². The van der Waals surface area contributed by atoms with Crippen molar-refractivity contribution in [2.24, 2.45) is 0 Å². The molecule has 14 aromatic rings. The van der Waals surface area contributed by atoms with E-state index < -0.39 is 11.0 Å². The highest BCUT2D eigenvalue weighted by atomic mass is 32.2. The lowest BCUT2D eigenvalue weighted by Crippen LogP contribution is -2.43. The van der Waals surface area contributed by atoms with Crippen molar-refractivity contribution in [1.82, 2.24) is 4.57 Å². The normalized spacial score (nSPS) is 16.2. The summed E-state index contributed by atoms with van der Waals surface area (Å²) in [5, 5.41) is 9.73. The Morgan fingerprint density at radius 1 is 0.430 bits per heavy atom. The zero-order valence-corrected chi connectivity index (χ0v) is 43.6. The summed E-state index contributed by atoms with van der Waals surface area (Å²) in [4.78, 5) is 5.33. The number of hydrogen-bond acceptors (Lipinski definition) is 3. The van der Waals surface area contributed by atoms with Gasteiger partial charge in [-0.25, -0.2) is 0 Å². The highest BCUT2D eigenvalue weighted by Gasteiger charge is 2.55. The van der Waals surface area contributed by atoms with Gasteiger partial charge in [0.05, 0.1) is 33.2 Å². The molecule has 0 saturated heterocycles. The molecular weight excluding hydrogens is 977 g/mol. The van der Waals surface area contributed by atoms with Crippen LogP contribution in [0.1, 0.15) is 34.2 Å². The number of furan rings is 1. The molecule has 4 heteroatoms. The topological polar surface area (TPSA) is 21.3 Å². The molecule has 0 fully saturated rings. The fourth-order valence-corrected chi connectivity index (χ4v) is 16.2. The Morgan fingerprint density at radius 3 is 1.90 bits per heavy atom. The lowest BCUT2D eigenvalue weighted by molar-refractivity contribution is 0.539. The third kappa shape index (κ3) is 5.68. The molecule has 0 amide bonds. The molecule has 3 heterocycles. The molecule has 3 nitrogen and oxygen atoms in total. The molecule has 0 radical (unpaired) electrons. The molecule has 4 aliphatic rings. The van der Waals surface area contributed by atoms with E-state index in [1.54, 1.807) is 0 Å². The fourth-order valence-electron chi connectivity index (χ4n) is 14.9. The van der Waals surface area contributed by atoms with Crippen LogP contribution >= 0.6 is 11.8 Å². The molecule has 0 N–H and O–H groups in total. The largest absolute Gasteiger partial charge is 0.456 e. The van der Waals surface area contributed by atoms with Gasteiger partial charge in [-0.3, -0.25) is 0 Å². The van der Waals surface area contributed by atoms with Crippen molar-refractivity contribution >= 4 is 88.4 Å². The van der Waals surface area contributed by atoms with Crippen LogP contribution < -0.4 is 4.90 Å². The maximum absolute atomic E-state index is 6.79. The third-order valence-electron chi connectivity index (χ3n) is 18.1. The van der Waals surface area contributed by atoms with Gasteiger partial charge in [-0.2, -0.15) is 0 Å². The van der Waals surface area contributed by atoms with Crippen LogP contribution in [0.2, 0.25) is 0 Å². The molecule has 1 aliphatic heterocycles. The van der Waals surface area contributed by atoms with Gasteiger partial charge in [-0.1, -0.05) is 206 Å². The van der Waals surface area contributed by atoms with E-state index in [0.717, 1.165) is 39.7 Å². The molecule has 1 unspecified atom stereocenters. The molecule has 368 valence electrons. The van der Waals surface area contributed by atoms with Gasteiger partial charge < -0.3 is 13.9 Å². The SMILES string of the molecule is C1=CCC2(N(c3cccc4c3-c3ccccc3C43c4ccccc4-c4ccccc43)c3cccc4oc5ccccc5c34)C(=C1)Sc1ccc(-c3ccc4c(c3)c3ccccc3n4-c3ccc4ccc5ccccc5c4c3)cc12. The maximum Gasteiger partial charge on any atom is 0.137 e. The van der Waals surface area contributed by atoms with Crippen LogP contribution in [0, 0.1) is 0 Å². The van der Waals surface area contributed by atoms with E-state index in [0.29, 0.717) is 0 Å². The maximum atomic E-state index is 6.79. The first-order valence-corrected chi connectivity index (χ1v) is 28.3. The van der Waals surface area contributed by atoms with Crippen molar-refractivity contribution in [3.05, 3.63) is 300 Å². The summed E-state index contributed by atoms with van der Waals surface area (Å²) >= 11 is 1.92. The number of anilines is 2. The highest BCUT2D eigenvalue weighted by Crippen LogP contribution is 2.67. The number of allylic oxidation sites excluding steroid dienone is 2. The van der Waals surface area contributed by atoms with E-state index in [-0.39, 0.29) is 0 Å². The summed E-state index contributed by atoms with van der Waals surface area (Å²) in [5.41, 5.74) is 20.6. The molecular formula is C75H46N2OS. The van der Waals surface area contributed by atoms with Gasteiger partial charge in [-0.05, 0) is 156 Å². The van der Waals surface area contributed by atoms with E-state index in [1.165, 1.54) is 120 Å². The second-order valence-corrected chi connectivity index (χ2v) is 22.9. The molecule has 18 rings (SSSR count). The first-order chi connectivity index (χ1) is 39.2. The number of benzene rings is 12. The van der Waals surface area contributed by atoms with E-state index in [9.17, 15) is 0 Å². The van der Waals surface area contributed by atoms with Crippen LogP contribution in [0.5, 0.6) is 0 Å². The van der Waals surface area contributed by atoms with Crippen molar-refractivity contribution in [3.8, 4) is 39.1 Å². The summed E-state index contributed by atoms with van der Waals surface area (Å²) in [6, 6.07) is 93.3. The van der Waals surface area contributed by atoms with E-state index in [1.807, 2.05) is 11.8 Å². The molecule has 1 atom stereocenters. The number of rotatable bonds is 5. The van der Waals surface area contributed by atoms with Gasteiger partial charge in [0, 0.05) is 37.2 Å². The van der Waals surface area contributed by atoms with E-state index in [4.69, 9.17) is 4.42 Å². The van der Waals surface area contributed by atoms with Crippen LogP contribution in [-0.4, -0.2) is 4.57 Å². The average Bonchev–Trinajstić information content (AvgIpc) is 2.72. The zero-order valence-electron chi connectivity index (χ0n) is 42.8. The van der Waals surface area contributed by atoms with Gasteiger partial charge in [0.15, 0.2) is 0 Å². The van der Waals surface area contributed by atoms with Crippen molar-refractivity contribution in [2.75, 3.05) is 4.90 Å². The minimum Gasteiger partial charge on any atom is -0.456 e. The lowest BCUT2D eigenvalue weighted by atomic mass is 9.70. The van der Waals surface area contributed by atoms with Gasteiger partial charge in [0.2, 0.25) is 0 Å². The minimum absolute atomic E-state index is 0.502. The van der Waals surface area contributed by atoms with Crippen LogP contribution in [0.25, 0.3) is 104 Å². The van der Waals surface area contributed by atoms with Crippen molar-refractivity contribution in [2.45, 2.75) is 22.3 Å². The predicted octanol–water partition coefficient (Wildman–Crippen LogP) is 20.0. The Kier molecular flexibility index (Phi) is 8.80. The zero-order chi connectivity index (χ0) is 51.6. The third-order valence-corrected chi connectivity index (χ3v) is 19.4. The minimum atomic E-state index is -0.636. The Balaban J connectivity index is 0.879. The molecule has 0 saturated carbocycles. The summed E-state index contributed by atoms with van der Waals surface area (Å²) < 4.78 is 9.25. The summed E-state index contributed by atoms with van der Waals surface area (Å²) in [6.07, 6.45) is 7.81. The van der Waals surface area contributed by atoms with Gasteiger partial charge in [0.1, 0.15) is 16.7 Å². The van der Waals surface area contributed by atoms with Gasteiger partial charge >= 0.3 is 0 Å². The van der Waals surface area contributed by atoms with Gasteiger partial charge in [0.25, 0.3) is 0 Å². The van der Waals surface area contributed by atoms with Crippen molar-refractivity contribution in [1.29, 1.82) is 0 Å². The number of thioether (sulfide) groups is 1. The lowest BCUT2D eigenvalue weighted by Gasteiger charge is -2.46. The molecule has 1 spiro atoms. The summed E-state index contributed by atoms with van der Waals surface area (Å²) in [7, 11) is 0. The molecule has 3 aliphatic carbocycles. The molecule has 79 heavy (non-hydrogen) atoms. The number of aromatic nitrogens is 1. The number of nitrogens with zero attached hydrogens (tertiary/aromatic N) is 2. The van der Waals surface area contributed by atoms with Crippen molar-refractivity contribution < 1.29 is 4.42 Å². The quantitative estimate of drug-likeness (QED) is 0.160. The van der Waals surface area contributed by atoms with Crippen LogP contribution in [0.3, 0.4) is 0 Å². The standard InChI is InChI=1S/C75H46N2OS/c1-2-18-51-46(17-1)34-35-47-36-39-50(45-57(47)51)76-64-28-11-6-21-54(64)58-43-48(37-40-65(58)76)49-38-41-70-63(44-49)74(42-14-13-33-71(74)79-70)77(67-30-16-32-69-73(67)56-23-7-12-31-68(56)78-69)66-29-15-27-62-72(66)55-22-5-10-26-61(55)75(62)59-24-8-3-19-52(59)53-20-4-9-25-60(53)75/h1-41,43-45H,42H2. The molecule has 2 aromatic heterocycles. The first-order valence-electron chi connectivity index (χ1n) is 27.5. The van der Waals surface area contributed by atoms with Crippen LogP contribution in [-0.2, 0) is 11.0 Å². The highest BCUT2D eigenvalue weighted by molar-refractivity contribution is 8.03. The Morgan fingerprint density at radius 2 is 1.05 bits per heavy atom. The first kappa shape index (κ1) is 43.5. The monoisotopic (exact) mass is 1020 g/mol. The number of fused-ring (bicyclic) bond motifs is 22. The Bertz CT molecular complexity index is 5020. The number of para-hydroxylation sites is 2. The summed E-state index contributed by atoms with van der Waals surface area (Å²) in [5.74, 6) is 0. The smallest absolute Gasteiger partial charge is 0.137 e. The summed E-state index contributed by atoms with van der Waals surface area (Å²) in [6.45, 7) is 0. The second-order valence-electron chi connectivity index (χ2n) is 21.8. The van der Waals surface area contributed by atoms with E-state index >= 15 is 0 Å². The fraction of sp³-hybridized carbons (Fsp3) is 0.0400. The average molecular weight is 1020 g/mol. The Hall–Kier alpha value is -9.61. The molecule has 12 aromatic carbocycles. The van der Waals surface area contributed by atoms with Gasteiger partial charge in [-0.15, -0.1) is 0 Å². The molecule has 0 bridgehead atoms. The predicted molar refractivity (Wildman–Crippen MR) is 329 cm³/mol. The second kappa shape index (κ2) is 16.0.